The Hall–Kier alpha value is -0.560. The zero-order valence-corrected chi connectivity index (χ0v) is 12.3. The van der Waals surface area contributed by atoms with E-state index in [2.05, 4.69) is 15.2 Å². The van der Waals surface area contributed by atoms with E-state index in [-0.39, 0.29) is 0 Å². The predicted octanol–water partition coefficient (Wildman–Crippen LogP) is 3.58. The van der Waals surface area contributed by atoms with Crippen LogP contribution in [0.1, 0.15) is 0 Å². The number of nitrogen functional groups attached to an aromatic ring is 1. The molecule has 1 heterocycles. The van der Waals surface area contributed by atoms with E-state index in [9.17, 15) is 0 Å². The summed E-state index contributed by atoms with van der Waals surface area (Å²) < 4.78 is 0. The minimum atomic E-state index is 0.336. The molecule has 0 spiro atoms. The Bertz CT molecular complexity index is 532. The van der Waals surface area contributed by atoms with Gasteiger partial charge in [0.05, 0.1) is 5.02 Å². The SMILES string of the molecule is Nc1nc(SCCSc2cc(Cl)ccc2Cl)n[nH]1. The molecule has 0 unspecified atom stereocenters. The van der Waals surface area contributed by atoms with Crippen LogP contribution in [0.25, 0.3) is 0 Å². The lowest BCUT2D eigenvalue weighted by Gasteiger charge is -2.03. The average Bonchev–Trinajstić information content (AvgIpc) is 2.75. The molecule has 1 aromatic heterocycles. The Labute approximate surface area is 123 Å². The largest absolute Gasteiger partial charge is 0.368 e. The standard InChI is InChI=1S/C10H10Cl2N4S2/c11-6-1-2-7(12)8(5-6)17-3-4-18-10-14-9(13)15-16-10/h1-2,5H,3-4H2,(H3,13,14,15,16). The Balaban J connectivity index is 1.80. The van der Waals surface area contributed by atoms with Crippen molar-refractivity contribution in [3.8, 4) is 0 Å². The van der Waals surface area contributed by atoms with Crippen molar-refractivity contribution < 1.29 is 0 Å². The average molecular weight is 321 g/mol. The van der Waals surface area contributed by atoms with Gasteiger partial charge in [0.1, 0.15) is 0 Å². The molecular formula is C10H10Cl2N4S2. The summed E-state index contributed by atoms with van der Waals surface area (Å²) in [5, 5.41) is 8.60. The molecule has 3 N–H and O–H groups in total. The van der Waals surface area contributed by atoms with Crippen LogP contribution in [0, 0.1) is 0 Å². The van der Waals surface area contributed by atoms with Gasteiger partial charge in [0, 0.05) is 21.4 Å². The van der Waals surface area contributed by atoms with Gasteiger partial charge in [0.15, 0.2) is 0 Å². The number of nitrogens with zero attached hydrogens (tertiary/aromatic N) is 2. The summed E-state index contributed by atoms with van der Waals surface area (Å²) >= 11 is 15.2. The molecule has 0 aliphatic carbocycles. The normalized spacial score (nSPS) is 10.8. The first-order chi connectivity index (χ1) is 8.65. The van der Waals surface area contributed by atoms with E-state index in [0.29, 0.717) is 16.1 Å². The van der Waals surface area contributed by atoms with E-state index in [1.54, 1.807) is 35.7 Å². The summed E-state index contributed by atoms with van der Waals surface area (Å²) in [6, 6.07) is 5.44. The molecule has 18 heavy (non-hydrogen) atoms. The summed E-state index contributed by atoms with van der Waals surface area (Å²) in [7, 11) is 0. The number of rotatable bonds is 5. The second kappa shape index (κ2) is 6.56. The summed E-state index contributed by atoms with van der Waals surface area (Å²) in [5.41, 5.74) is 5.43. The van der Waals surface area contributed by atoms with Gasteiger partial charge in [-0.25, -0.2) is 5.10 Å². The van der Waals surface area contributed by atoms with Gasteiger partial charge < -0.3 is 5.73 Å². The molecule has 8 heteroatoms. The second-order valence-electron chi connectivity index (χ2n) is 3.27. The lowest BCUT2D eigenvalue weighted by Crippen LogP contribution is -1.87. The van der Waals surface area contributed by atoms with Crippen LogP contribution in [0.2, 0.25) is 10.0 Å². The van der Waals surface area contributed by atoms with Gasteiger partial charge in [-0.1, -0.05) is 35.0 Å². The van der Waals surface area contributed by atoms with Crippen molar-refractivity contribution >= 4 is 52.7 Å². The van der Waals surface area contributed by atoms with Crippen LogP contribution in [0.3, 0.4) is 0 Å². The number of nitrogens with two attached hydrogens (primary N) is 1. The number of halogens is 2. The Kier molecular flexibility index (Phi) is 5.05. The topological polar surface area (TPSA) is 67.6 Å². The number of hydrogen-bond acceptors (Lipinski definition) is 5. The molecule has 0 aliphatic rings. The first-order valence-electron chi connectivity index (χ1n) is 5.03. The summed E-state index contributed by atoms with van der Waals surface area (Å²) in [4.78, 5) is 4.99. The fraction of sp³-hybridized carbons (Fsp3) is 0.200. The molecule has 96 valence electrons. The summed E-state index contributed by atoms with van der Waals surface area (Å²) in [5.74, 6) is 2.09. The van der Waals surface area contributed by atoms with Crippen LogP contribution in [-0.4, -0.2) is 26.7 Å². The van der Waals surface area contributed by atoms with Crippen LogP contribution in [0.5, 0.6) is 0 Å². The van der Waals surface area contributed by atoms with Crippen molar-refractivity contribution in [3.63, 3.8) is 0 Å². The van der Waals surface area contributed by atoms with Gasteiger partial charge >= 0.3 is 0 Å². The van der Waals surface area contributed by atoms with Gasteiger partial charge in [-0.3, -0.25) is 0 Å². The van der Waals surface area contributed by atoms with Crippen molar-refractivity contribution in [2.75, 3.05) is 17.2 Å². The molecule has 0 saturated carbocycles. The molecule has 0 fully saturated rings. The maximum Gasteiger partial charge on any atom is 0.216 e. The number of benzene rings is 1. The van der Waals surface area contributed by atoms with Gasteiger partial charge in [-0.05, 0) is 18.2 Å². The molecule has 0 bridgehead atoms. The summed E-state index contributed by atoms with van der Waals surface area (Å²) in [6.45, 7) is 0. The third-order valence-electron chi connectivity index (χ3n) is 1.95. The number of H-pyrrole nitrogens is 1. The molecule has 2 aromatic rings. The zero-order chi connectivity index (χ0) is 13.0. The van der Waals surface area contributed by atoms with Crippen molar-refractivity contribution in [2.24, 2.45) is 0 Å². The first kappa shape index (κ1) is 13.9. The highest BCUT2D eigenvalue weighted by molar-refractivity contribution is 8.02. The highest BCUT2D eigenvalue weighted by Crippen LogP contribution is 2.30. The fourth-order valence-corrected chi connectivity index (χ4v) is 3.47. The maximum absolute atomic E-state index is 6.06. The monoisotopic (exact) mass is 320 g/mol. The Morgan fingerprint density at radius 2 is 2.00 bits per heavy atom. The molecule has 1 aromatic carbocycles. The first-order valence-corrected chi connectivity index (χ1v) is 7.76. The quantitative estimate of drug-likeness (QED) is 0.651. The second-order valence-corrected chi connectivity index (χ2v) is 6.32. The van der Waals surface area contributed by atoms with E-state index < -0.39 is 0 Å². The van der Waals surface area contributed by atoms with Crippen LogP contribution >= 0.6 is 46.7 Å². The third-order valence-corrected chi connectivity index (χ3v) is 4.79. The van der Waals surface area contributed by atoms with Gasteiger partial charge in [0.2, 0.25) is 11.1 Å². The lowest BCUT2D eigenvalue weighted by atomic mass is 10.4. The number of anilines is 1. The van der Waals surface area contributed by atoms with E-state index in [4.69, 9.17) is 28.9 Å². The van der Waals surface area contributed by atoms with Crippen LogP contribution < -0.4 is 5.73 Å². The van der Waals surface area contributed by atoms with Crippen molar-refractivity contribution in [1.82, 2.24) is 15.2 Å². The number of aromatic nitrogens is 3. The van der Waals surface area contributed by atoms with Crippen molar-refractivity contribution in [3.05, 3.63) is 28.2 Å². The minimum Gasteiger partial charge on any atom is -0.368 e. The highest BCUT2D eigenvalue weighted by atomic mass is 35.5. The molecule has 0 amide bonds. The van der Waals surface area contributed by atoms with Gasteiger partial charge in [0.25, 0.3) is 0 Å². The third kappa shape index (κ3) is 3.98. The zero-order valence-electron chi connectivity index (χ0n) is 9.19. The van der Waals surface area contributed by atoms with Crippen molar-refractivity contribution in [1.29, 1.82) is 0 Å². The predicted molar refractivity (Wildman–Crippen MR) is 78.7 cm³/mol. The number of aromatic amines is 1. The fourth-order valence-electron chi connectivity index (χ4n) is 1.20. The van der Waals surface area contributed by atoms with E-state index in [1.165, 1.54) is 0 Å². The van der Waals surface area contributed by atoms with E-state index in [1.807, 2.05) is 6.07 Å². The molecule has 0 radical (unpaired) electrons. The molecule has 2 rings (SSSR count). The smallest absolute Gasteiger partial charge is 0.216 e. The summed E-state index contributed by atoms with van der Waals surface area (Å²) in [6.07, 6.45) is 0. The van der Waals surface area contributed by atoms with E-state index in [0.717, 1.165) is 21.4 Å². The number of nitrogens with one attached hydrogen (secondary N) is 1. The Morgan fingerprint density at radius 1 is 1.22 bits per heavy atom. The Morgan fingerprint density at radius 3 is 2.72 bits per heavy atom. The molecule has 0 aliphatic heterocycles. The maximum atomic E-state index is 6.06. The minimum absolute atomic E-state index is 0.336. The number of thioether (sulfide) groups is 2. The molecule has 0 saturated heterocycles. The van der Waals surface area contributed by atoms with Crippen LogP contribution in [0.15, 0.2) is 28.3 Å². The molecular weight excluding hydrogens is 311 g/mol. The molecule has 4 nitrogen and oxygen atoms in total. The van der Waals surface area contributed by atoms with Crippen LogP contribution in [0.4, 0.5) is 5.95 Å². The lowest BCUT2D eigenvalue weighted by molar-refractivity contribution is 0.974. The van der Waals surface area contributed by atoms with Crippen LogP contribution in [-0.2, 0) is 0 Å². The van der Waals surface area contributed by atoms with E-state index >= 15 is 0 Å². The van der Waals surface area contributed by atoms with Gasteiger partial charge in [-0.15, -0.1) is 16.9 Å². The van der Waals surface area contributed by atoms with Gasteiger partial charge in [-0.2, -0.15) is 4.98 Å². The van der Waals surface area contributed by atoms with Crippen molar-refractivity contribution in [2.45, 2.75) is 10.1 Å². The molecule has 0 atom stereocenters. The number of hydrogen-bond donors (Lipinski definition) is 2. The highest BCUT2D eigenvalue weighted by Gasteiger charge is 2.04.